The largest absolute Gasteiger partial charge is 0.320 e. The fraction of sp³-hybridized carbons (Fsp3) is 0.250. The van der Waals surface area contributed by atoms with Crippen molar-refractivity contribution < 1.29 is 4.79 Å². The van der Waals surface area contributed by atoms with Gasteiger partial charge in [-0.05, 0) is 66.8 Å². The molecule has 0 saturated carbocycles. The third-order valence-electron chi connectivity index (χ3n) is 5.16. The highest BCUT2D eigenvalue weighted by molar-refractivity contribution is 7.98. The van der Waals surface area contributed by atoms with Gasteiger partial charge in [0.15, 0.2) is 5.13 Å². The molecule has 1 aliphatic heterocycles. The summed E-state index contributed by atoms with van der Waals surface area (Å²) in [6.45, 7) is 2.61. The Bertz CT molecular complexity index is 1170. The monoisotopic (exact) mass is 463 g/mol. The fourth-order valence-corrected chi connectivity index (χ4v) is 4.90. The molecule has 3 heterocycles. The molecule has 0 spiro atoms. The van der Waals surface area contributed by atoms with Gasteiger partial charge in [-0.25, -0.2) is 4.98 Å². The molecule has 3 N–H and O–H groups in total. The maximum Gasteiger partial charge on any atom is 0.243 e. The van der Waals surface area contributed by atoms with Crippen LogP contribution in [0.2, 0.25) is 0 Å². The first-order valence-electron chi connectivity index (χ1n) is 10.3. The molecule has 0 saturated heterocycles. The summed E-state index contributed by atoms with van der Waals surface area (Å²) in [7, 11) is 0. The Balaban J connectivity index is 1.48. The average Bonchev–Trinajstić information content (AvgIpc) is 3.38. The highest BCUT2D eigenvalue weighted by atomic mass is 32.2. The number of hydrogen-bond donors (Lipinski definition) is 2. The van der Waals surface area contributed by atoms with Crippen LogP contribution in [-0.4, -0.2) is 39.6 Å². The number of hydrogen-bond acceptors (Lipinski definition) is 7. The number of nitrogens with two attached hydrogens (primary N) is 1. The van der Waals surface area contributed by atoms with Gasteiger partial charge >= 0.3 is 0 Å². The number of thioether (sulfide) groups is 1. The van der Waals surface area contributed by atoms with Gasteiger partial charge in [0, 0.05) is 11.8 Å². The fourth-order valence-electron chi connectivity index (χ4n) is 3.44. The molecule has 0 fully saturated rings. The van der Waals surface area contributed by atoms with Gasteiger partial charge in [0.05, 0.1) is 34.6 Å². The van der Waals surface area contributed by atoms with E-state index in [0.29, 0.717) is 18.1 Å². The van der Waals surface area contributed by atoms with E-state index in [0.717, 1.165) is 38.9 Å². The van der Waals surface area contributed by atoms with Crippen molar-refractivity contribution >= 4 is 45.9 Å². The third kappa shape index (κ3) is 5.15. The molecule has 1 atom stereocenters. The van der Waals surface area contributed by atoms with E-state index in [1.165, 1.54) is 16.9 Å². The van der Waals surface area contributed by atoms with Gasteiger partial charge in [0.25, 0.3) is 0 Å². The number of benzene rings is 1. The smallest absolute Gasteiger partial charge is 0.243 e. The molecule has 6 nitrogen and oxygen atoms in total. The SMILES string of the molecule is CSCCC(N)C(=O)Nc1nc(C)c(-c2ccc3c(c2)CN=C3/C=C/c2ccccn2)s1. The van der Waals surface area contributed by atoms with Crippen molar-refractivity contribution in [1.29, 1.82) is 0 Å². The second-order valence-electron chi connectivity index (χ2n) is 7.47. The van der Waals surface area contributed by atoms with E-state index >= 15 is 0 Å². The molecule has 3 aromatic rings. The maximum absolute atomic E-state index is 12.3. The number of thiazole rings is 1. The summed E-state index contributed by atoms with van der Waals surface area (Å²) in [5.74, 6) is 0.665. The second-order valence-corrected chi connectivity index (χ2v) is 9.46. The van der Waals surface area contributed by atoms with Crippen molar-refractivity contribution in [2.75, 3.05) is 17.3 Å². The maximum atomic E-state index is 12.3. The summed E-state index contributed by atoms with van der Waals surface area (Å²) < 4.78 is 0. The van der Waals surface area contributed by atoms with E-state index in [4.69, 9.17) is 5.73 Å². The Morgan fingerprint density at radius 1 is 1.31 bits per heavy atom. The Morgan fingerprint density at radius 2 is 2.19 bits per heavy atom. The van der Waals surface area contributed by atoms with Crippen LogP contribution in [0.3, 0.4) is 0 Å². The van der Waals surface area contributed by atoms with Crippen molar-refractivity contribution in [1.82, 2.24) is 9.97 Å². The Kier molecular flexibility index (Phi) is 7.14. The Hall–Kier alpha value is -2.81. The molecule has 1 amide bonds. The first-order valence-corrected chi connectivity index (χ1v) is 12.6. The van der Waals surface area contributed by atoms with Crippen molar-refractivity contribution in [2.45, 2.75) is 25.9 Å². The second kappa shape index (κ2) is 10.2. The van der Waals surface area contributed by atoms with Crippen molar-refractivity contribution in [3.63, 3.8) is 0 Å². The molecule has 1 aromatic carbocycles. The number of amides is 1. The molecule has 8 heteroatoms. The molecule has 0 bridgehead atoms. The predicted molar refractivity (Wildman–Crippen MR) is 135 cm³/mol. The van der Waals surface area contributed by atoms with Crippen LogP contribution in [0.15, 0.2) is 53.7 Å². The zero-order valence-electron chi connectivity index (χ0n) is 18.0. The lowest BCUT2D eigenvalue weighted by Gasteiger charge is -2.09. The normalized spacial score (nSPS) is 13.8. The number of fused-ring (bicyclic) bond motifs is 1. The predicted octanol–water partition coefficient (Wildman–Crippen LogP) is 4.55. The topological polar surface area (TPSA) is 93.3 Å². The summed E-state index contributed by atoms with van der Waals surface area (Å²) in [6, 6.07) is 11.7. The van der Waals surface area contributed by atoms with Crippen LogP contribution in [0.1, 0.15) is 28.9 Å². The third-order valence-corrected chi connectivity index (χ3v) is 6.93. The van der Waals surface area contributed by atoms with E-state index in [9.17, 15) is 4.79 Å². The van der Waals surface area contributed by atoms with Crippen LogP contribution in [0.25, 0.3) is 16.5 Å². The van der Waals surface area contributed by atoms with Crippen molar-refractivity contribution in [3.05, 3.63) is 71.2 Å². The number of rotatable bonds is 8. The number of aliphatic imine (C=N–C) groups is 1. The highest BCUT2D eigenvalue weighted by Gasteiger charge is 2.19. The van der Waals surface area contributed by atoms with E-state index in [-0.39, 0.29) is 5.91 Å². The molecule has 1 unspecified atom stereocenters. The van der Waals surface area contributed by atoms with Crippen LogP contribution < -0.4 is 11.1 Å². The Morgan fingerprint density at radius 3 is 2.97 bits per heavy atom. The molecule has 164 valence electrons. The lowest BCUT2D eigenvalue weighted by Crippen LogP contribution is -2.36. The first-order chi connectivity index (χ1) is 15.5. The van der Waals surface area contributed by atoms with Crippen LogP contribution in [-0.2, 0) is 11.3 Å². The van der Waals surface area contributed by atoms with Gasteiger partial charge in [-0.15, -0.1) is 0 Å². The van der Waals surface area contributed by atoms with E-state index in [1.807, 2.05) is 43.5 Å². The number of allylic oxidation sites excluding steroid dienone is 1. The average molecular weight is 464 g/mol. The van der Waals surface area contributed by atoms with Gasteiger partial charge in [-0.1, -0.05) is 29.5 Å². The Labute approximate surface area is 196 Å². The number of anilines is 1. The van der Waals surface area contributed by atoms with Crippen LogP contribution in [0.5, 0.6) is 0 Å². The summed E-state index contributed by atoms with van der Waals surface area (Å²) >= 11 is 3.15. The van der Waals surface area contributed by atoms with Crippen LogP contribution in [0.4, 0.5) is 5.13 Å². The highest BCUT2D eigenvalue weighted by Crippen LogP contribution is 2.35. The zero-order valence-corrected chi connectivity index (χ0v) is 19.7. The molecule has 0 aliphatic carbocycles. The van der Waals surface area contributed by atoms with Gasteiger partial charge in [0.2, 0.25) is 5.91 Å². The van der Waals surface area contributed by atoms with E-state index < -0.39 is 6.04 Å². The minimum absolute atomic E-state index is 0.189. The molecule has 4 rings (SSSR count). The number of nitrogens with one attached hydrogen (secondary N) is 1. The zero-order chi connectivity index (χ0) is 22.5. The molecule has 2 aromatic heterocycles. The molecule has 0 radical (unpaired) electrons. The molecular weight excluding hydrogens is 438 g/mol. The quantitative estimate of drug-likeness (QED) is 0.511. The van der Waals surface area contributed by atoms with Gasteiger partial charge in [-0.2, -0.15) is 11.8 Å². The van der Waals surface area contributed by atoms with Crippen molar-refractivity contribution in [3.8, 4) is 10.4 Å². The van der Waals surface area contributed by atoms with Crippen molar-refractivity contribution in [2.24, 2.45) is 10.7 Å². The lowest BCUT2D eigenvalue weighted by molar-refractivity contribution is -0.117. The number of carbonyl (C=O) groups is 1. The minimum atomic E-state index is -0.523. The first kappa shape index (κ1) is 22.4. The molecule has 32 heavy (non-hydrogen) atoms. The number of nitrogens with zero attached hydrogens (tertiary/aromatic N) is 3. The van der Waals surface area contributed by atoms with Crippen LogP contribution in [0, 0.1) is 6.92 Å². The van der Waals surface area contributed by atoms with Gasteiger partial charge in [0.1, 0.15) is 0 Å². The minimum Gasteiger partial charge on any atom is -0.320 e. The summed E-state index contributed by atoms with van der Waals surface area (Å²) in [6.07, 6.45) is 8.42. The number of aryl methyl sites for hydroxylation is 1. The van der Waals surface area contributed by atoms with Gasteiger partial charge in [-0.3, -0.25) is 14.8 Å². The molecule has 1 aliphatic rings. The lowest BCUT2D eigenvalue weighted by atomic mass is 10.0. The standard InChI is InChI=1S/C24H25N5OS2/c1-15-22(32-24(28-15)29-23(30)20(25)10-12-31-2)16-6-8-19-17(13-16)14-27-21(19)9-7-18-5-3-4-11-26-18/h3-9,11,13,20H,10,12,14,25H2,1-2H3,(H,28,29,30)/b9-7+. The molecular formula is C24H25N5OS2. The van der Waals surface area contributed by atoms with E-state index in [2.05, 4.69) is 38.5 Å². The van der Waals surface area contributed by atoms with Crippen LogP contribution >= 0.6 is 23.1 Å². The summed E-state index contributed by atoms with van der Waals surface area (Å²) in [5.41, 5.74) is 12.1. The summed E-state index contributed by atoms with van der Waals surface area (Å²) in [5, 5.41) is 3.45. The number of aromatic nitrogens is 2. The van der Waals surface area contributed by atoms with E-state index in [1.54, 1.807) is 18.0 Å². The number of carbonyl (C=O) groups excluding carboxylic acids is 1. The number of pyridine rings is 1. The summed E-state index contributed by atoms with van der Waals surface area (Å²) in [4.78, 5) is 26.9. The van der Waals surface area contributed by atoms with Gasteiger partial charge < -0.3 is 11.1 Å².